The molecule has 0 radical (unpaired) electrons. The fourth-order valence-corrected chi connectivity index (χ4v) is 5.28. The lowest BCUT2D eigenvalue weighted by atomic mass is 10.0. The maximum Gasteiger partial charge on any atom is 0.243 e. The lowest BCUT2D eigenvalue weighted by Crippen LogP contribution is -2.54. The number of hydrogen-bond acceptors (Lipinski definition) is 3. The van der Waals surface area contributed by atoms with E-state index in [1.54, 1.807) is 34.9 Å². The van der Waals surface area contributed by atoms with Crippen molar-refractivity contribution < 1.29 is 9.59 Å². The van der Waals surface area contributed by atoms with E-state index >= 15 is 0 Å². The Morgan fingerprint density at radius 2 is 1.51 bits per heavy atom. The Hall–Kier alpha value is -2.18. The zero-order chi connectivity index (χ0) is 27.0. The minimum absolute atomic E-state index is 0.123. The largest absolute Gasteiger partial charge is 0.350 e. The molecule has 3 aromatic rings. The Kier molecular flexibility index (Phi) is 10.8. The van der Waals surface area contributed by atoms with Gasteiger partial charge in [-0.25, -0.2) is 0 Å². The molecule has 2 amide bonds. The average molecular weight is 578 g/mol. The van der Waals surface area contributed by atoms with Gasteiger partial charge in [-0.2, -0.15) is 0 Å². The first kappa shape index (κ1) is 29.4. The minimum Gasteiger partial charge on any atom is -0.350 e. The van der Waals surface area contributed by atoms with Crippen LogP contribution in [0.3, 0.4) is 0 Å². The molecule has 0 aliphatic rings. The Balaban J connectivity index is 1.91. The van der Waals surface area contributed by atoms with Crippen LogP contribution in [0, 0.1) is 0 Å². The molecule has 1 atom stereocenters. The summed E-state index contributed by atoms with van der Waals surface area (Å²) >= 11 is 20.5. The number of nitrogens with zero attached hydrogens (tertiary/aromatic N) is 1. The number of halogens is 3. The van der Waals surface area contributed by atoms with E-state index in [-0.39, 0.29) is 24.8 Å². The van der Waals surface area contributed by atoms with Gasteiger partial charge in [-0.3, -0.25) is 9.59 Å². The summed E-state index contributed by atoms with van der Waals surface area (Å²) in [5, 5.41) is 4.63. The van der Waals surface area contributed by atoms with E-state index in [9.17, 15) is 9.59 Å². The van der Waals surface area contributed by atoms with Crippen LogP contribution in [0.15, 0.2) is 77.7 Å². The number of hydrogen-bond donors (Lipinski definition) is 1. The molecule has 0 fully saturated rings. The minimum atomic E-state index is -0.748. The smallest absolute Gasteiger partial charge is 0.243 e. The fraction of sp³-hybridized carbons (Fsp3) is 0.310. The Morgan fingerprint density at radius 1 is 0.892 bits per heavy atom. The zero-order valence-electron chi connectivity index (χ0n) is 21.1. The molecule has 0 saturated heterocycles. The lowest BCUT2D eigenvalue weighted by molar-refractivity contribution is -0.141. The van der Waals surface area contributed by atoms with Crippen molar-refractivity contribution in [2.45, 2.75) is 56.6 Å². The summed E-state index contributed by atoms with van der Waals surface area (Å²) in [5.41, 5.74) is 1.11. The van der Waals surface area contributed by atoms with Crippen LogP contribution in [-0.4, -0.2) is 34.0 Å². The predicted molar refractivity (Wildman–Crippen MR) is 156 cm³/mol. The first-order valence-corrected chi connectivity index (χ1v) is 14.1. The van der Waals surface area contributed by atoms with Crippen LogP contribution in [0.4, 0.5) is 0 Å². The molecule has 0 spiro atoms. The number of rotatable bonds is 10. The van der Waals surface area contributed by atoms with E-state index in [1.807, 2.05) is 75.4 Å². The van der Waals surface area contributed by atoms with E-state index in [0.29, 0.717) is 32.8 Å². The molecule has 8 heteroatoms. The molecule has 1 N–H and O–H groups in total. The summed E-state index contributed by atoms with van der Waals surface area (Å²) in [5.74, 6) is 0.173. The van der Waals surface area contributed by atoms with Crippen LogP contribution in [0.5, 0.6) is 0 Å². The van der Waals surface area contributed by atoms with E-state index in [0.717, 1.165) is 10.5 Å². The molecule has 3 rings (SSSR count). The Morgan fingerprint density at radius 3 is 2.11 bits per heavy atom. The summed E-state index contributed by atoms with van der Waals surface area (Å²) in [6.07, 6.45) is 0.602. The van der Waals surface area contributed by atoms with Gasteiger partial charge < -0.3 is 10.2 Å². The summed E-state index contributed by atoms with van der Waals surface area (Å²) in [4.78, 5) is 30.0. The third-order valence-corrected chi connectivity index (χ3v) is 7.53. The van der Waals surface area contributed by atoms with E-state index < -0.39 is 11.6 Å². The van der Waals surface area contributed by atoms with Gasteiger partial charge >= 0.3 is 0 Å². The van der Waals surface area contributed by atoms with Gasteiger partial charge in [-0.15, -0.1) is 11.8 Å². The SMILES string of the molecule is CC(C)(C)NC(=O)[C@H](Cc1ccccc1)N(Cc1c(Cl)cccc1Cl)C(=O)CCSc1ccc(Cl)cc1. The van der Waals surface area contributed by atoms with Crippen molar-refractivity contribution in [1.29, 1.82) is 0 Å². The molecule has 0 aliphatic carbocycles. The highest BCUT2D eigenvalue weighted by molar-refractivity contribution is 7.99. The van der Waals surface area contributed by atoms with E-state index in [2.05, 4.69) is 5.32 Å². The molecule has 0 aromatic heterocycles. The van der Waals surface area contributed by atoms with Crippen molar-refractivity contribution in [1.82, 2.24) is 10.2 Å². The number of thioether (sulfide) groups is 1. The molecule has 0 bridgehead atoms. The first-order chi connectivity index (χ1) is 17.5. The van der Waals surface area contributed by atoms with Gasteiger partial charge in [0.2, 0.25) is 11.8 Å². The van der Waals surface area contributed by atoms with Crippen LogP contribution in [0.2, 0.25) is 15.1 Å². The Labute approximate surface area is 238 Å². The molecule has 4 nitrogen and oxygen atoms in total. The standard InChI is InChI=1S/C29H31Cl3N2O2S/c1-29(2,3)33-28(36)26(18-20-8-5-4-6-9-20)34(19-23-24(31)10-7-11-25(23)32)27(35)16-17-37-22-14-12-21(30)13-15-22/h4-15,26H,16-19H2,1-3H3,(H,33,36)/t26-/m0/s1. The van der Waals surface area contributed by atoms with Gasteiger partial charge in [-0.05, 0) is 62.7 Å². The van der Waals surface area contributed by atoms with Gasteiger partial charge in [0.25, 0.3) is 0 Å². The van der Waals surface area contributed by atoms with Crippen molar-refractivity contribution in [2.24, 2.45) is 0 Å². The van der Waals surface area contributed by atoms with E-state index in [4.69, 9.17) is 34.8 Å². The zero-order valence-corrected chi connectivity index (χ0v) is 24.2. The number of carbonyl (C=O) groups is 2. The van der Waals surface area contributed by atoms with Gasteiger partial charge in [0.1, 0.15) is 6.04 Å². The molecule has 0 saturated carbocycles. The van der Waals surface area contributed by atoms with Crippen molar-refractivity contribution in [3.8, 4) is 0 Å². The number of amides is 2. The summed E-state index contributed by atoms with van der Waals surface area (Å²) in [6, 6.07) is 21.7. The monoisotopic (exact) mass is 576 g/mol. The highest BCUT2D eigenvalue weighted by Crippen LogP contribution is 2.28. The molecule has 37 heavy (non-hydrogen) atoms. The van der Waals surface area contributed by atoms with Crippen LogP contribution >= 0.6 is 46.6 Å². The Bertz CT molecular complexity index is 1180. The predicted octanol–water partition coefficient (Wildman–Crippen LogP) is 7.68. The molecule has 0 aliphatic heterocycles. The topological polar surface area (TPSA) is 49.4 Å². The van der Waals surface area contributed by atoms with Crippen LogP contribution in [-0.2, 0) is 22.6 Å². The van der Waals surface area contributed by atoms with Gasteiger partial charge in [0.05, 0.1) is 0 Å². The third-order valence-electron chi connectivity index (χ3n) is 5.56. The quantitative estimate of drug-likeness (QED) is 0.251. The fourth-order valence-electron chi connectivity index (χ4n) is 3.79. The van der Waals surface area contributed by atoms with Gasteiger partial charge in [0.15, 0.2) is 0 Å². The molecular weight excluding hydrogens is 547 g/mol. The van der Waals surface area contributed by atoms with Crippen LogP contribution in [0.25, 0.3) is 0 Å². The van der Waals surface area contributed by atoms with Crippen molar-refractivity contribution in [2.75, 3.05) is 5.75 Å². The van der Waals surface area contributed by atoms with Crippen molar-refractivity contribution in [3.05, 3.63) is 99.0 Å². The average Bonchev–Trinajstić information content (AvgIpc) is 2.83. The van der Waals surface area contributed by atoms with Gasteiger partial charge in [0, 0.05) is 56.2 Å². The normalized spacial score (nSPS) is 12.2. The summed E-state index contributed by atoms with van der Waals surface area (Å²) in [7, 11) is 0. The van der Waals surface area contributed by atoms with Crippen LogP contribution in [0.1, 0.15) is 38.3 Å². The lowest BCUT2D eigenvalue weighted by Gasteiger charge is -2.34. The summed E-state index contributed by atoms with van der Waals surface area (Å²) < 4.78 is 0. The highest BCUT2D eigenvalue weighted by atomic mass is 35.5. The number of carbonyl (C=O) groups excluding carboxylic acids is 2. The second-order valence-corrected chi connectivity index (χ2v) is 12.1. The summed E-state index contributed by atoms with van der Waals surface area (Å²) in [6.45, 7) is 5.89. The van der Waals surface area contributed by atoms with Crippen molar-refractivity contribution in [3.63, 3.8) is 0 Å². The third kappa shape index (κ3) is 9.26. The number of nitrogens with one attached hydrogen (secondary N) is 1. The maximum atomic E-state index is 13.7. The van der Waals surface area contributed by atoms with E-state index in [1.165, 1.54) is 0 Å². The molecule has 0 unspecified atom stereocenters. The molecular formula is C29H31Cl3N2O2S. The van der Waals surface area contributed by atoms with Crippen LogP contribution < -0.4 is 5.32 Å². The molecule has 3 aromatic carbocycles. The second-order valence-electron chi connectivity index (χ2n) is 9.72. The second kappa shape index (κ2) is 13.6. The molecule has 196 valence electrons. The van der Waals surface area contributed by atoms with Gasteiger partial charge in [-0.1, -0.05) is 71.2 Å². The number of benzene rings is 3. The highest BCUT2D eigenvalue weighted by Gasteiger charge is 2.32. The van der Waals surface area contributed by atoms with Crippen molar-refractivity contribution >= 4 is 58.4 Å². The molecule has 0 heterocycles. The first-order valence-electron chi connectivity index (χ1n) is 12.0. The maximum absolute atomic E-state index is 13.7.